The molecule has 0 aliphatic carbocycles. The van der Waals surface area contributed by atoms with E-state index in [-0.39, 0.29) is 37.5 Å². The normalized spacial score (nSPS) is 15.2. The van der Waals surface area contributed by atoms with E-state index in [1.165, 1.54) is 0 Å². The number of piperidine rings is 1. The van der Waals surface area contributed by atoms with Crippen molar-refractivity contribution in [2.24, 2.45) is 17.4 Å². The second kappa shape index (κ2) is 20.3. The molecule has 14 heteroatoms. The summed E-state index contributed by atoms with van der Waals surface area (Å²) < 4.78 is 0. The minimum atomic E-state index is -1.18. The van der Waals surface area contributed by atoms with Gasteiger partial charge in [-0.25, -0.2) is 0 Å². The molecule has 14 nitrogen and oxygen atoms in total. The number of carbonyl (C=O) groups excluding carboxylic acids is 5. The summed E-state index contributed by atoms with van der Waals surface area (Å²) in [5.41, 5.74) is 14.5. The fourth-order valence-corrected chi connectivity index (χ4v) is 7.47. The van der Waals surface area contributed by atoms with Crippen molar-refractivity contribution in [3.05, 3.63) is 114 Å². The lowest BCUT2D eigenvalue weighted by Gasteiger charge is -2.28. The topological polar surface area (TPSA) is 226 Å². The Morgan fingerprint density at radius 1 is 0.690 bits per heavy atom. The van der Waals surface area contributed by atoms with Crippen LogP contribution >= 0.6 is 0 Å². The third kappa shape index (κ3) is 11.3. The molecule has 1 aliphatic rings. The van der Waals surface area contributed by atoms with Crippen LogP contribution in [-0.2, 0) is 43.2 Å². The number of carbonyl (C=O) groups is 5. The quantitative estimate of drug-likeness (QED) is 0.0579. The van der Waals surface area contributed by atoms with Gasteiger partial charge < -0.3 is 43.0 Å². The summed E-state index contributed by atoms with van der Waals surface area (Å²) in [6.07, 6.45) is 8.07. The zero-order chi connectivity index (χ0) is 40.9. The lowest BCUT2D eigenvalue weighted by Crippen LogP contribution is -2.59. The maximum atomic E-state index is 14.5. The van der Waals surface area contributed by atoms with E-state index in [1.807, 2.05) is 66.7 Å². The Hall–Kier alpha value is -6.12. The molecular weight excluding hydrogens is 735 g/mol. The highest BCUT2D eigenvalue weighted by Gasteiger charge is 2.33. The average Bonchev–Trinajstić information content (AvgIpc) is 3.65. The fraction of sp³-hybridized carbons (Fsp3) is 0.364. The van der Waals surface area contributed by atoms with E-state index in [1.54, 1.807) is 30.7 Å². The first-order valence-corrected chi connectivity index (χ1v) is 20.0. The smallest absolute Gasteiger partial charge is 0.243 e. The van der Waals surface area contributed by atoms with E-state index < -0.39 is 47.8 Å². The van der Waals surface area contributed by atoms with E-state index in [2.05, 4.69) is 36.6 Å². The molecule has 10 N–H and O–H groups in total. The number of para-hydroxylation sites is 1. The molecule has 3 heterocycles. The number of nitrogens with one attached hydrogen (secondary N) is 6. The van der Waals surface area contributed by atoms with Gasteiger partial charge in [-0.05, 0) is 97.4 Å². The van der Waals surface area contributed by atoms with Crippen LogP contribution in [0.5, 0.6) is 0 Å². The van der Waals surface area contributed by atoms with E-state index in [4.69, 9.17) is 11.5 Å². The van der Waals surface area contributed by atoms with Crippen LogP contribution < -0.4 is 38.1 Å². The van der Waals surface area contributed by atoms with Crippen molar-refractivity contribution >= 4 is 51.2 Å². The zero-order valence-corrected chi connectivity index (χ0v) is 32.5. The molecule has 1 saturated heterocycles. The van der Waals surface area contributed by atoms with Crippen molar-refractivity contribution in [1.82, 2.24) is 36.6 Å². The Morgan fingerprint density at radius 3 is 2.02 bits per heavy atom. The summed E-state index contributed by atoms with van der Waals surface area (Å²) in [6, 6.07) is 20.6. The minimum absolute atomic E-state index is 0.0685. The first-order valence-electron chi connectivity index (χ1n) is 20.0. The van der Waals surface area contributed by atoms with Crippen LogP contribution in [0.4, 0.5) is 0 Å². The molecule has 0 unspecified atom stereocenters. The van der Waals surface area contributed by atoms with Crippen LogP contribution in [0.15, 0.2) is 97.5 Å². The predicted octanol–water partition coefficient (Wildman–Crippen LogP) is 2.30. The molecular formula is C44H53N9O5. The molecule has 0 bridgehead atoms. The molecule has 6 rings (SSSR count). The molecule has 2 aromatic heterocycles. The maximum absolute atomic E-state index is 14.5. The van der Waals surface area contributed by atoms with E-state index in [9.17, 15) is 24.0 Å². The molecule has 1 aliphatic heterocycles. The number of nitrogens with two attached hydrogens (primary N) is 2. The van der Waals surface area contributed by atoms with E-state index in [0.29, 0.717) is 50.9 Å². The standard InChI is InChI=1S/C44H53N9O5/c45-18-6-5-11-36(40(46)54)50-42(56)37(24-28-14-19-47-20-15-28)52-44(58)39(26-33-27-49-35-10-4-3-9-34(33)35)53-43(57)38(51-41(55)31-16-21-48-22-17-31)25-29-12-13-30-7-1-2-8-32(30)23-29/h1-4,7-10,12-15,19-20,23,27,31,36-39,48-49H,5-6,11,16-18,21-22,24-26,45H2,(H2,46,54)(H,50,56)(H,51,55)(H,52,58)(H,53,57)/t36-,37-,38+,39+/m0/s1. The Balaban J connectivity index is 1.29. The van der Waals surface area contributed by atoms with Gasteiger partial charge in [-0.1, -0.05) is 60.7 Å². The Kier molecular flexibility index (Phi) is 14.6. The molecule has 0 saturated carbocycles. The number of benzene rings is 3. The number of aromatic nitrogens is 2. The summed E-state index contributed by atoms with van der Waals surface area (Å²) in [5.74, 6) is -2.95. The van der Waals surface area contributed by atoms with Gasteiger partial charge in [-0.15, -0.1) is 0 Å². The van der Waals surface area contributed by atoms with Gasteiger partial charge >= 0.3 is 0 Å². The highest BCUT2D eigenvalue weighted by molar-refractivity contribution is 5.96. The summed E-state index contributed by atoms with van der Waals surface area (Å²) in [4.78, 5) is 76.3. The molecule has 58 heavy (non-hydrogen) atoms. The number of hydrogen-bond acceptors (Lipinski definition) is 8. The Labute approximate surface area is 337 Å². The highest BCUT2D eigenvalue weighted by Crippen LogP contribution is 2.21. The van der Waals surface area contributed by atoms with Crippen LogP contribution in [0.3, 0.4) is 0 Å². The predicted molar refractivity (Wildman–Crippen MR) is 223 cm³/mol. The lowest BCUT2D eigenvalue weighted by molar-refractivity contribution is -0.135. The van der Waals surface area contributed by atoms with Crippen LogP contribution in [0, 0.1) is 5.92 Å². The number of pyridine rings is 1. The van der Waals surface area contributed by atoms with Gasteiger partial charge in [-0.3, -0.25) is 29.0 Å². The van der Waals surface area contributed by atoms with E-state index in [0.717, 1.165) is 32.8 Å². The van der Waals surface area contributed by atoms with Gasteiger partial charge in [0, 0.05) is 54.7 Å². The van der Waals surface area contributed by atoms with Crippen LogP contribution in [0.25, 0.3) is 21.7 Å². The number of H-pyrrole nitrogens is 1. The second-order valence-electron chi connectivity index (χ2n) is 15.0. The fourth-order valence-electron chi connectivity index (χ4n) is 7.47. The highest BCUT2D eigenvalue weighted by atomic mass is 16.2. The number of aromatic amines is 1. The van der Waals surface area contributed by atoms with Gasteiger partial charge in [0.25, 0.3) is 0 Å². The van der Waals surface area contributed by atoms with Crippen molar-refractivity contribution < 1.29 is 24.0 Å². The second-order valence-corrected chi connectivity index (χ2v) is 15.0. The molecule has 3 aromatic carbocycles. The number of nitrogens with zero attached hydrogens (tertiary/aromatic N) is 1. The summed E-state index contributed by atoms with van der Waals surface area (Å²) in [6.45, 7) is 1.83. The molecule has 5 aromatic rings. The third-order valence-electron chi connectivity index (χ3n) is 10.8. The van der Waals surface area contributed by atoms with Crippen molar-refractivity contribution in [2.45, 2.75) is 75.5 Å². The molecule has 0 radical (unpaired) electrons. The first kappa shape index (κ1) is 41.5. The number of primary amides is 1. The van der Waals surface area contributed by atoms with Crippen molar-refractivity contribution in [3.63, 3.8) is 0 Å². The van der Waals surface area contributed by atoms with Crippen molar-refractivity contribution in [2.75, 3.05) is 19.6 Å². The van der Waals surface area contributed by atoms with Gasteiger partial charge in [0.1, 0.15) is 24.2 Å². The Morgan fingerprint density at radius 2 is 1.31 bits per heavy atom. The van der Waals surface area contributed by atoms with Crippen molar-refractivity contribution in [1.29, 1.82) is 0 Å². The summed E-state index contributed by atoms with van der Waals surface area (Å²) in [5, 5.41) is 17.8. The van der Waals surface area contributed by atoms with Gasteiger partial charge in [0.15, 0.2) is 0 Å². The average molecular weight is 788 g/mol. The van der Waals surface area contributed by atoms with Crippen LogP contribution in [-0.4, -0.2) is 83.3 Å². The molecule has 0 spiro atoms. The number of amides is 5. The van der Waals surface area contributed by atoms with Gasteiger partial charge in [-0.2, -0.15) is 0 Å². The first-order chi connectivity index (χ1) is 28.2. The minimum Gasteiger partial charge on any atom is -0.368 e. The lowest BCUT2D eigenvalue weighted by atomic mass is 9.95. The van der Waals surface area contributed by atoms with Crippen LogP contribution in [0.1, 0.15) is 48.8 Å². The summed E-state index contributed by atoms with van der Waals surface area (Å²) >= 11 is 0. The van der Waals surface area contributed by atoms with Gasteiger partial charge in [0.2, 0.25) is 29.5 Å². The monoisotopic (exact) mass is 787 g/mol. The number of hydrogen-bond donors (Lipinski definition) is 8. The molecule has 1 fully saturated rings. The SMILES string of the molecule is NCCCC[C@H](NC(=O)[C@H](Cc1ccncc1)NC(=O)[C@@H](Cc1c[nH]c2ccccc12)NC(=O)[C@@H](Cc1ccc2ccccc2c1)NC(=O)C1CCNCC1)C(N)=O. The number of unbranched alkanes of at least 4 members (excludes halogenated alkanes) is 1. The van der Waals surface area contributed by atoms with Crippen molar-refractivity contribution in [3.8, 4) is 0 Å². The molecule has 304 valence electrons. The molecule has 4 atom stereocenters. The maximum Gasteiger partial charge on any atom is 0.243 e. The third-order valence-corrected chi connectivity index (χ3v) is 10.8. The van der Waals surface area contributed by atoms with Crippen LogP contribution in [0.2, 0.25) is 0 Å². The largest absolute Gasteiger partial charge is 0.368 e. The zero-order valence-electron chi connectivity index (χ0n) is 32.5. The number of rotatable bonds is 19. The van der Waals surface area contributed by atoms with Gasteiger partial charge in [0.05, 0.1) is 0 Å². The Bertz CT molecular complexity index is 2190. The number of fused-ring (bicyclic) bond motifs is 2. The van der Waals surface area contributed by atoms with E-state index >= 15 is 0 Å². The summed E-state index contributed by atoms with van der Waals surface area (Å²) in [7, 11) is 0. The molecule has 5 amide bonds.